The van der Waals surface area contributed by atoms with Gasteiger partial charge in [-0.3, -0.25) is 0 Å². The molecular weight excluding hydrogens is 327 g/mol. The monoisotopic (exact) mass is 357 g/mol. The minimum absolute atomic E-state index is 0.336. The average Bonchev–Trinajstić information content (AvgIpc) is 2.42. The van der Waals surface area contributed by atoms with E-state index in [1.807, 2.05) is 21.6 Å². The van der Waals surface area contributed by atoms with E-state index in [-0.39, 0.29) is 0 Å². The Hall–Kier alpha value is 0.810. The maximum absolute atomic E-state index is 10.8. The minimum Gasteiger partial charge on any atom is -0.779 e. The van der Waals surface area contributed by atoms with Crippen LogP contribution in [0.2, 0.25) is 0 Å². The molecule has 0 rings (SSSR count). The summed E-state index contributed by atoms with van der Waals surface area (Å²) in [6.45, 7) is 2.35. The van der Waals surface area contributed by atoms with Crippen molar-refractivity contribution in [3.05, 3.63) is 0 Å². The standard InChI is InChI=1S/C14H31O4PS2/c1-17-11-7-3-5-9-13-20-21-14-10-6-4-8-12-18-19(2,15)16/h3-14H2,1-2H3,(H,15,16)/p-1. The normalized spacial score (nSPS) is 14.2. The predicted molar refractivity (Wildman–Crippen MR) is 93.2 cm³/mol. The molecule has 0 N–H and O–H groups in total. The lowest BCUT2D eigenvalue weighted by atomic mass is 10.2. The second-order valence-corrected chi connectivity index (χ2v) is 9.57. The van der Waals surface area contributed by atoms with Crippen LogP contribution in [0.25, 0.3) is 0 Å². The predicted octanol–water partition coefficient (Wildman–Crippen LogP) is 4.33. The van der Waals surface area contributed by atoms with Crippen LogP contribution in [0, 0.1) is 0 Å². The van der Waals surface area contributed by atoms with Gasteiger partial charge in [0.2, 0.25) is 0 Å². The van der Waals surface area contributed by atoms with Crippen LogP contribution >= 0.6 is 29.2 Å². The van der Waals surface area contributed by atoms with Crippen molar-refractivity contribution in [2.24, 2.45) is 0 Å². The van der Waals surface area contributed by atoms with Crippen molar-refractivity contribution in [1.82, 2.24) is 0 Å². The van der Waals surface area contributed by atoms with Gasteiger partial charge in [-0.2, -0.15) is 0 Å². The average molecular weight is 357 g/mol. The Morgan fingerprint density at radius 3 is 1.81 bits per heavy atom. The summed E-state index contributed by atoms with van der Waals surface area (Å²) >= 11 is 0. The van der Waals surface area contributed by atoms with Crippen LogP contribution in [0.15, 0.2) is 0 Å². The number of rotatable bonds is 16. The van der Waals surface area contributed by atoms with Gasteiger partial charge in [0, 0.05) is 31.9 Å². The van der Waals surface area contributed by atoms with Crippen molar-refractivity contribution in [3.63, 3.8) is 0 Å². The maximum Gasteiger partial charge on any atom is 0.131 e. The Kier molecular flexibility index (Phi) is 16.3. The molecule has 0 aromatic rings. The molecule has 0 aliphatic rings. The zero-order valence-electron chi connectivity index (χ0n) is 13.4. The summed E-state index contributed by atoms with van der Waals surface area (Å²) in [7, 11) is 2.17. The first-order valence-corrected chi connectivity index (χ1v) is 12.2. The van der Waals surface area contributed by atoms with Gasteiger partial charge in [0.15, 0.2) is 0 Å². The molecule has 21 heavy (non-hydrogen) atoms. The maximum atomic E-state index is 10.8. The molecule has 4 nitrogen and oxygen atoms in total. The molecule has 0 fully saturated rings. The van der Waals surface area contributed by atoms with E-state index >= 15 is 0 Å². The van der Waals surface area contributed by atoms with Gasteiger partial charge in [-0.25, -0.2) is 0 Å². The Labute approximate surface area is 138 Å². The molecule has 0 saturated carbocycles. The molecule has 0 saturated heterocycles. The summed E-state index contributed by atoms with van der Waals surface area (Å²) in [5.74, 6) is 2.42. The highest BCUT2D eigenvalue weighted by Gasteiger charge is 1.98. The Morgan fingerprint density at radius 2 is 1.33 bits per heavy atom. The van der Waals surface area contributed by atoms with Gasteiger partial charge in [-0.1, -0.05) is 47.3 Å². The molecular formula is C14H30O4PS2-. The lowest BCUT2D eigenvalue weighted by Crippen LogP contribution is -2.03. The van der Waals surface area contributed by atoms with E-state index in [1.54, 1.807) is 7.11 Å². The molecule has 0 aromatic heterocycles. The Morgan fingerprint density at radius 1 is 0.857 bits per heavy atom. The van der Waals surface area contributed by atoms with Gasteiger partial charge >= 0.3 is 0 Å². The third kappa shape index (κ3) is 20.8. The van der Waals surface area contributed by atoms with E-state index in [0.717, 1.165) is 32.5 Å². The lowest BCUT2D eigenvalue weighted by Gasteiger charge is -2.17. The second-order valence-electron chi connectivity index (χ2n) is 5.07. The first kappa shape index (κ1) is 21.8. The molecule has 0 bridgehead atoms. The molecule has 0 amide bonds. The van der Waals surface area contributed by atoms with Crippen molar-refractivity contribution in [2.75, 3.05) is 38.5 Å². The topological polar surface area (TPSA) is 58.6 Å². The van der Waals surface area contributed by atoms with E-state index in [0.29, 0.717) is 6.61 Å². The fourth-order valence-corrected chi connectivity index (χ4v) is 4.48. The SMILES string of the molecule is COCCCCCCSSCCCCCCOP(C)(=O)[O-]. The molecule has 0 aromatic carbocycles. The van der Waals surface area contributed by atoms with Crippen LogP contribution in [0.5, 0.6) is 0 Å². The highest BCUT2D eigenvalue weighted by Crippen LogP contribution is 2.31. The van der Waals surface area contributed by atoms with Crippen LogP contribution in [0.3, 0.4) is 0 Å². The first-order valence-electron chi connectivity index (χ1n) is 7.72. The van der Waals surface area contributed by atoms with Crippen molar-refractivity contribution in [2.45, 2.75) is 51.4 Å². The van der Waals surface area contributed by atoms with Crippen molar-refractivity contribution >= 4 is 29.2 Å². The van der Waals surface area contributed by atoms with Gasteiger partial charge in [0.1, 0.15) is 7.60 Å². The van der Waals surface area contributed by atoms with Crippen LogP contribution < -0.4 is 4.89 Å². The zero-order chi connectivity index (χ0) is 15.8. The van der Waals surface area contributed by atoms with Crippen molar-refractivity contribution in [1.29, 1.82) is 0 Å². The summed E-state index contributed by atoms with van der Waals surface area (Å²) in [6.07, 6.45) is 9.29. The fourth-order valence-electron chi connectivity index (χ4n) is 1.73. The largest absolute Gasteiger partial charge is 0.779 e. The van der Waals surface area contributed by atoms with Crippen molar-refractivity contribution in [3.8, 4) is 0 Å². The van der Waals surface area contributed by atoms with Gasteiger partial charge in [0.25, 0.3) is 0 Å². The fraction of sp³-hybridized carbons (Fsp3) is 1.00. The number of methoxy groups -OCH3 is 1. The van der Waals surface area contributed by atoms with Crippen molar-refractivity contribution < 1.29 is 18.7 Å². The van der Waals surface area contributed by atoms with E-state index in [1.165, 1.54) is 43.6 Å². The first-order chi connectivity index (χ1) is 10.1. The zero-order valence-corrected chi connectivity index (χ0v) is 15.9. The van der Waals surface area contributed by atoms with Crippen LogP contribution in [0.4, 0.5) is 0 Å². The summed E-state index contributed by atoms with van der Waals surface area (Å²) in [6, 6.07) is 0. The summed E-state index contributed by atoms with van der Waals surface area (Å²) in [5, 5.41) is 0. The van der Waals surface area contributed by atoms with E-state index < -0.39 is 7.60 Å². The van der Waals surface area contributed by atoms with Crippen LogP contribution in [0.1, 0.15) is 51.4 Å². The quantitative estimate of drug-likeness (QED) is 0.233. The number of unbranched alkanes of at least 4 members (excludes halogenated alkanes) is 6. The third-order valence-corrected chi connectivity index (χ3v) is 6.09. The summed E-state index contributed by atoms with van der Waals surface area (Å²) in [4.78, 5) is 10.8. The van der Waals surface area contributed by atoms with Crippen LogP contribution in [-0.4, -0.2) is 38.5 Å². The summed E-state index contributed by atoms with van der Waals surface area (Å²) in [5.41, 5.74) is 0. The Bertz CT molecular complexity index is 261. The number of hydrogen-bond acceptors (Lipinski definition) is 6. The highest BCUT2D eigenvalue weighted by molar-refractivity contribution is 8.76. The third-order valence-electron chi connectivity index (χ3n) is 2.86. The molecule has 7 heteroatoms. The van der Waals surface area contributed by atoms with E-state index in [4.69, 9.17) is 9.26 Å². The number of ether oxygens (including phenoxy) is 1. The molecule has 128 valence electrons. The molecule has 0 aliphatic heterocycles. The molecule has 0 heterocycles. The van der Waals surface area contributed by atoms with E-state index in [9.17, 15) is 9.46 Å². The molecule has 0 radical (unpaired) electrons. The summed E-state index contributed by atoms with van der Waals surface area (Å²) < 4.78 is 20.5. The van der Waals surface area contributed by atoms with E-state index in [2.05, 4.69) is 0 Å². The highest BCUT2D eigenvalue weighted by atomic mass is 33.1. The smallest absolute Gasteiger partial charge is 0.131 e. The lowest BCUT2D eigenvalue weighted by molar-refractivity contribution is -0.196. The van der Waals surface area contributed by atoms with Gasteiger partial charge in [0.05, 0.1) is 6.61 Å². The number of hydrogen-bond donors (Lipinski definition) is 0. The Balaban J connectivity index is 3.01. The minimum atomic E-state index is -3.52. The molecule has 1 unspecified atom stereocenters. The van der Waals surface area contributed by atoms with Gasteiger partial charge in [-0.05, 0) is 25.7 Å². The van der Waals surface area contributed by atoms with Crippen LogP contribution in [-0.2, 0) is 13.8 Å². The molecule has 1 atom stereocenters. The second kappa shape index (κ2) is 15.7. The molecule has 0 aliphatic carbocycles. The van der Waals surface area contributed by atoms with Gasteiger partial charge < -0.3 is 18.7 Å². The van der Waals surface area contributed by atoms with Gasteiger partial charge in [-0.15, -0.1) is 0 Å². The molecule has 0 spiro atoms.